The molecule has 96 valence electrons. The predicted octanol–water partition coefficient (Wildman–Crippen LogP) is 3.64. The highest BCUT2D eigenvalue weighted by Gasteiger charge is 2.29. The number of hydrogen-bond acceptors (Lipinski definition) is 2. The third-order valence-electron chi connectivity index (χ3n) is 2.34. The molecule has 0 heterocycles. The Balaban J connectivity index is 0.000000325. The van der Waals surface area contributed by atoms with Gasteiger partial charge in [0.1, 0.15) is 0 Å². The number of aryl methyl sites for hydroxylation is 1. The number of carboxylic acid groups (broad SMARTS) is 1. The highest BCUT2D eigenvalue weighted by atomic mass is 35.6. The van der Waals surface area contributed by atoms with Crippen LogP contribution in [0.25, 0.3) is 0 Å². The maximum atomic E-state index is 9.62. The minimum absolute atomic E-state index is 0.892. The Hall–Kier alpha value is -0.640. The molecule has 0 saturated carbocycles. The number of nitrogen functional groups attached to an aromatic ring is 1. The Morgan fingerprint density at radius 3 is 1.88 bits per heavy atom. The number of nitrogens with two attached hydrogens (primary N) is 1. The lowest BCUT2D eigenvalue weighted by molar-refractivity contribution is -0.135. The van der Waals surface area contributed by atoms with Crippen LogP contribution in [-0.4, -0.2) is 14.9 Å². The standard InChI is InChI=1S/C9H13N.C2HCl3O2/c1-6-4-5-9(10)8(3)7(6)2;3-2(4,5)1(6)7/h4-5H,10H2,1-3H3;(H,6,7). The number of carbonyl (C=O) groups is 1. The van der Waals surface area contributed by atoms with Gasteiger partial charge in [-0.05, 0) is 43.5 Å². The largest absolute Gasteiger partial charge is 0.478 e. The van der Waals surface area contributed by atoms with Gasteiger partial charge in [-0.15, -0.1) is 0 Å². The summed E-state index contributed by atoms with van der Waals surface area (Å²) in [4.78, 5) is 9.62. The smallest absolute Gasteiger partial charge is 0.356 e. The molecular formula is C11H14Cl3NO2. The van der Waals surface area contributed by atoms with E-state index in [4.69, 9.17) is 45.6 Å². The van der Waals surface area contributed by atoms with Crippen LogP contribution in [0.2, 0.25) is 0 Å². The van der Waals surface area contributed by atoms with Crippen molar-refractivity contribution in [3.05, 3.63) is 28.8 Å². The van der Waals surface area contributed by atoms with Gasteiger partial charge in [-0.3, -0.25) is 0 Å². The summed E-state index contributed by atoms with van der Waals surface area (Å²) in [6.45, 7) is 6.25. The predicted molar refractivity (Wildman–Crippen MR) is 73.0 cm³/mol. The lowest BCUT2D eigenvalue weighted by atomic mass is 10.0. The normalized spacial score (nSPS) is 10.5. The fraction of sp³-hybridized carbons (Fsp3) is 0.364. The molecule has 17 heavy (non-hydrogen) atoms. The summed E-state index contributed by atoms with van der Waals surface area (Å²) in [6.07, 6.45) is 0. The van der Waals surface area contributed by atoms with Gasteiger partial charge < -0.3 is 10.8 Å². The lowest BCUT2D eigenvalue weighted by Gasteiger charge is -2.05. The van der Waals surface area contributed by atoms with Crippen LogP contribution in [0.3, 0.4) is 0 Å². The van der Waals surface area contributed by atoms with Gasteiger partial charge in [-0.2, -0.15) is 0 Å². The molecule has 3 N–H and O–H groups in total. The van der Waals surface area contributed by atoms with Crippen LogP contribution in [0.15, 0.2) is 12.1 Å². The van der Waals surface area contributed by atoms with Gasteiger partial charge in [0.2, 0.25) is 0 Å². The van der Waals surface area contributed by atoms with E-state index in [2.05, 4.69) is 26.8 Å². The van der Waals surface area contributed by atoms with E-state index >= 15 is 0 Å². The van der Waals surface area contributed by atoms with Crippen LogP contribution in [0.4, 0.5) is 5.69 Å². The van der Waals surface area contributed by atoms with Crippen molar-refractivity contribution in [2.75, 3.05) is 5.73 Å². The molecule has 0 amide bonds. The summed E-state index contributed by atoms with van der Waals surface area (Å²) >= 11 is 14.4. The quantitative estimate of drug-likeness (QED) is 0.568. The molecule has 0 spiro atoms. The minimum atomic E-state index is -2.17. The zero-order chi connectivity index (χ0) is 13.8. The molecule has 0 aromatic heterocycles. The van der Waals surface area contributed by atoms with E-state index in [1.807, 2.05) is 6.07 Å². The summed E-state index contributed by atoms with van der Waals surface area (Å²) in [5.74, 6) is -1.46. The zero-order valence-electron chi connectivity index (χ0n) is 9.72. The first kappa shape index (κ1) is 16.4. The molecular weight excluding hydrogens is 284 g/mol. The van der Waals surface area contributed by atoms with Gasteiger partial charge in [-0.1, -0.05) is 40.9 Å². The average Bonchev–Trinajstić information content (AvgIpc) is 2.20. The third-order valence-corrected chi connectivity index (χ3v) is 2.83. The molecule has 6 heteroatoms. The molecule has 3 nitrogen and oxygen atoms in total. The van der Waals surface area contributed by atoms with Gasteiger partial charge in [0.05, 0.1) is 0 Å². The van der Waals surface area contributed by atoms with E-state index in [1.54, 1.807) is 0 Å². The Kier molecular flexibility index (Phi) is 6.10. The Labute approximate surface area is 115 Å². The van der Waals surface area contributed by atoms with Gasteiger partial charge in [-0.25, -0.2) is 4.79 Å². The number of benzene rings is 1. The third kappa shape index (κ3) is 5.48. The van der Waals surface area contributed by atoms with E-state index in [-0.39, 0.29) is 0 Å². The fourth-order valence-electron chi connectivity index (χ4n) is 0.977. The Morgan fingerprint density at radius 2 is 1.59 bits per heavy atom. The zero-order valence-corrected chi connectivity index (χ0v) is 12.0. The molecule has 0 atom stereocenters. The van der Waals surface area contributed by atoms with E-state index in [0.717, 1.165) is 5.69 Å². The van der Waals surface area contributed by atoms with Gasteiger partial charge >= 0.3 is 5.97 Å². The molecule has 0 saturated heterocycles. The second-order valence-electron chi connectivity index (χ2n) is 3.52. The summed E-state index contributed by atoms with van der Waals surface area (Å²) in [5, 5.41) is 7.85. The van der Waals surface area contributed by atoms with Crippen molar-refractivity contribution in [3.8, 4) is 0 Å². The van der Waals surface area contributed by atoms with Crippen molar-refractivity contribution >= 4 is 46.5 Å². The Bertz CT molecular complexity index is 387. The number of carboxylic acids is 1. The minimum Gasteiger partial charge on any atom is -0.478 e. The monoisotopic (exact) mass is 297 g/mol. The summed E-state index contributed by atoms with van der Waals surface area (Å²) < 4.78 is -2.17. The van der Waals surface area contributed by atoms with E-state index in [1.165, 1.54) is 16.7 Å². The van der Waals surface area contributed by atoms with Crippen molar-refractivity contribution in [1.29, 1.82) is 0 Å². The number of halogens is 3. The van der Waals surface area contributed by atoms with Crippen LogP contribution >= 0.6 is 34.8 Å². The van der Waals surface area contributed by atoms with Crippen LogP contribution in [0.1, 0.15) is 16.7 Å². The van der Waals surface area contributed by atoms with E-state index < -0.39 is 9.76 Å². The molecule has 0 unspecified atom stereocenters. The molecule has 0 aliphatic rings. The maximum Gasteiger partial charge on any atom is 0.356 e. The van der Waals surface area contributed by atoms with Crippen molar-refractivity contribution in [3.63, 3.8) is 0 Å². The number of hydrogen-bond donors (Lipinski definition) is 2. The highest BCUT2D eigenvalue weighted by Crippen LogP contribution is 2.25. The molecule has 0 aliphatic heterocycles. The number of rotatable bonds is 0. The molecule has 0 bridgehead atoms. The molecule has 1 aromatic carbocycles. The molecule has 1 rings (SSSR count). The number of aliphatic carboxylic acids is 1. The first-order valence-corrected chi connectivity index (χ1v) is 5.83. The van der Waals surface area contributed by atoms with Gasteiger partial charge in [0.25, 0.3) is 3.79 Å². The van der Waals surface area contributed by atoms with Crippen molar-refractivity contribution < 1.29 is 9.90 Å². The molecule has 1 aromatic rings. The topological polar surface area (TPSA) is 63.3 Å². The van der Waals surface area contributed by atoms with Crippen molar-refractivity contribution in [2.45, 2.75) is 24.6 Å². The van der Waals surface area contributed by atoms with Gasteiger partial charge in [0, 0.05) is 5.69 Å². The van der Waals surface area contributed by atoms with Crippen LogP contribution in [0, 0.1) is 20.8 Å². The first-order valence-electron chi connectivity index (χ1n) is 4.69. The number of alkyl halides is 3. The highest BCUT2D eigenvalue weighted by molar-refractivity contribution is 6.75. The van der Waals surface area contributed by atoms with E-state index in [9.17, 15) is 4.79 Å². The first-order chi connectivity index (χ1) is 7.57. The van der Waals surface area contributed by atoms with Gasteiger partial charge in [0.15, 0.2) is 0 Å². The molecule has 0 fully saturated rings. The van der Waals surface area contributed by atoms with Crippen molar-refractivity contribution in [1.82, 2.24) is 0 Å². The number of anilines is 1. The summed E-state index contributed by atoms with van der Waals surface area (Å²) in [5.41, 5.74) is 10.4. The van der Waals surface area contributed by atoms with E-state index in [0.29, 0.717) is 0 Å². The van der Waals surface area contributed by atoms with Crippen LogP contribution < -0.4 is 5.73 Å². The van der Waals surface area contributed by atoms with Crippen LogP contribution in [-0.2, 0) is 4.79 Å². The second-order valence-corrected chi connectivity index (χ2v) is 5.81. The SMILES string of the molecule is Cc1ccc(N)c(C)c1C.O=C(O)C(Cl)(Cl)Cl. The summed E-state index contributed by atoms with van der Waals surface area (Å²) in [7, 11) is 0. The average molecular weight is 299 g/mol. The van der Waals surface area contributed by atoms with Crippen LogP contribution in [0.5, 0.6) is 0 Å². The summed E-state index contributed by atoms with van der Waals surface area (Å²) in [6, 6.07) is 4.01. The fourth-order valence-corrected chi connectivity index (χ4v) is 0.977. The lowest BCUT2D eigenvalue weighted by Crippen LogP contribution is -2.16. The molecule has 0 radical (unpaired) electrons. The maximum absolute atomic E-state index is 9.62. The van der Waals surface area contributed by atoms with Crippen molar-refractivity contribution in [2.24, 2.45) is 0 Å². The second kappa shape index (κ2) is 6.34. The molecule has 0 aliphatic carbocycles. The Morgan fingerprint density at radius 1 is 1.18 bits per heavy atom.